The molecule has 0 fully saturated rings. The zero-order valence-electron chi connectivity index (χ0n) is 17.5. The van der Waals surface area contributed by atoms with E-state index in [4.69, 9.17) is 0 Å². The van der Waals surface area contributed by atoms with Crippen molar-refractivity contribution in [3.8, 4) is 0 Å². The number of halogens is 1. The van der Waals surface area contributed by atoms with E-state index in [0.29, 0.717) is 11.4 Å². The van der Waals surface area contributed by atoms with E-state index in [2.05, 4.69) is 39.7 Å². The molecule has 2 rings (SSSR count). The highest BCUT2D eigenvalue weighted by atomic mass is 127. The third-order valence-electron chi connectivity index (χ3n) is 4.48. The maximum absolute atomic E-state index is 11.7. The summed E-state index contributed by atoms with van der Waals surface area (Å²) in [4.78, 5) is 6.84. The lowest BCUT2D eigenvalue weighted by atomic mass is 10.1. The van der Waals surface area contributed by atoms with Crippen molar-refractivity contribution in [1.29, 1.82) is 0 Å². The van der Waals surface area contributed by atoms with Crippen LogP contribution in [0.15, 0.2) is 58.4 Å². The SMILES string of the molecule is CN=C(NCCCN(C)c1ccccc1)NCc1ccc(S(C)(=O)=O)c(C)c1.I. The van der Waals surface area contributed by atoms with Crippen molar-refractivity contribution in [1.82, 2.24) is 10.6 Å². The average molecular weight is 530 g/mol. The molecule has 0 bridgehead atoms. The van der Waals surface area contributed by atoms with Gasteiger partial charge in [-0.2, -0.15) is 0 Å². The Bertz CT molecular complexity index is 902. The number of nitrogens with one attached hydrogen (secondary N) is 2. The van der Waals surface area contributed by atoms with E-state index in [1.54, 1.807) is 13.1 Å². The fourth-order valence-electron chi connectivity index (χ4n) is 2.98. The van der Waals surface area contributed by atoms with Gasteiger partial charge in [-0.05, 0) is 42.7 Å². The lowest BCUT2D eigenvalue weighted by Gasteiger charge is -2.19. The van der Waals surface area contributed by atoms with Crippen molar-refractivity contribution in [3.05, 3.63) is 59.7 Å². The first-order chi connectivity index (χ1) is 13.3. The molecule has 0 aliphatic carbocycles. The van der Waals surface area contributed by atoms with E-state index in [0.717, 1.165) is 36.6 Å². The van der Waals surface area contributed by atoms with Crippen LogP contribution < -0.4 is 15.5 Å². The number of hydrogen-bond donors (Lipinski definition) is 2. The van der Waals surface area contributed by atoms with E-state index < -0.39 is 9.84 Å². The van der Waals surface area contributed by atoms with E-state index in [9.17, 15) is 8.42 Å². The van der Waals surface area contributed by atoms with Crippen molar-refractivity contribution < 1.29 is 8.42 Å². The summed E-state index contributed by atoms with van der Waals surface area (Å²) in [6.45, 7) is 4.15. The fraction of sp³-hybridized carbons (Fsp3) is 0.381. The molecule has 0 heterocycles. The summed E-state index contributed by atoms with van der Waals surface area (Å²) in [6.07, 6.45) is 2.21. The van der Waals surface area contributed by atoms with Crippen molar-refractivity contribution in [2.45, 2.75) is 24.8 Å². The van der Waals surface area contributed by atoms with Crippen LogP contribution in [0, 0.1) is 6.92 Å². The molecule has 0 amide bonds. The van der Waals surface area contributed by atoms with Crippen molar-refractivity contribution >= 4 is 45.5 Å². The van der Waals surface area contributed by atoms with Crippen LogP contribution in [-0.2, 0) is 16.4 Å². The van der Waals surface area contributed by atoms with Crippen LogP contribution in [0.1, 0.15) is 17.5 Å². The standard InChI is InChI=1S/C21H30N4O2S.HI/c1-17-15-18(11-12-20(17)28(4,26)27)16-24-21(22-2)23-13-8-14-25(3)19-9-6-5-7-10-19;/h5-7,9-12,15H,8,13-14,16H2,1-4H3,(H2,22,23,24);1H. The van der Waals surface area contributed by atoms with Crippen molar-refractivity contribution in [2.75, 3.05) is 38.3 Å². The van der Waals surface area contributed by atoms with Crippen LogP contribution in [0.2, 0.25) is 0 Å². The Morgan fingerprint density at radius 1 is 1.10 bits per heavy atom. The molecule has 0 unspecified atom stereocenters. The van der Waals surface area contributed by atoms with Gasteiger partial charge in [0, 0.05) is 45.7 Å². The van der Waals surface area contributed by atoms with Gasteiger partial charge in [-0.1, -0.05) is 30.3 Å². The maximum Gasteiger partial charge on any atom is 0.191 e. The zero-order chi connectivity index (χ0) is 20.6. The Balaban J connectivity index is 0.00000420. The Kier molecular flexibility index (Phi) is 10.5. The molecule has 0 saturated heterocycles. The van der Waals surface area contributed by atoms with Gasteiger partial charge in [0.05, 0.1) is 4.90 Å². The minimum absolute atomic E-state index is 0. The molecule has 0 radical (unpaired) electrons. The van der Waals surface area contributed by atoms with Gasteiger partial charge < -0.3 is 15.5 Å². The highest BCUT2D eigenvalue weighted by Gasteiger charge is 2.11. The summed E-state index contributed by atoms with van der Waals surface area (Å²) in [6, 6.07) is 15.7. The third-order valence-corrected chi connectivity index (χ3v) is 5.74. The number of aryl methyl sites for hydroxylation is 1. The second-order valence-corrected chi connectivity index (χ2v) is 8.82. The first-order valence-electron chi connectivity index (χ1n) is 9.31. The smallest absolute Gasteiger partial charge is 0.191 e. The number of aliphatic imine (C=N–C) groups is 1. The van der Waals surface area contributed by atoms with E-state index >= 15 is 0 Å². The fourth-order valence-corrected chi connectivity index (χ4v) is 3.94. The first kappa shape index (κ1) is 25.2. The molecule has 0 aliphatic heterocycles. The molecule has 8 heteroatoms. The lowest BCUT2D eigenvalue weighted by Crippen LogP contribution is -2.38. The number of rotatable bonds is 8. The molecule has 2 aromatic rings. The van der Waals surface area contributed by atoms with Crippen molar-refractivity contribution in [2.24, 2.45) is 4.99 Å². The number of guanidine groups is 1. The maximum atomic E-state index is 11.7. The van der Waals surface area contributed by atoms with Gasteiger partial charge in [0.1, 0.15) is 0 Å². The summed E-state index contributed by atoms with van der Waals surface area (Å²) in [5, 5.41) is 6.58. The average Bonchev–Trinajstić information content (AvgIpc) is 2.67. The zero-order valence-corrected chi connectivity index (χ0v) is 20.6. The summed E-state index contributed by atoms with van der Waals surface area (Å²) >= 11 is 0. The quantitative estimate of drug-likeness (QED) is 0.238. The second-order valence-electron chi connectivity index (χ2n) is 6.84. The summed E-state index contributed by atoms with van der Waals surface area (Å²) in [5.41, 5.74) is 2.98. The molecule has 0 aromatic heterocycles. The first-order valence-corrected chi connectivity index (χ1v) is 11.2. The summed E-state index contributed by atoms with van der Waals surface area (Å²) in [7, 11) is 0.639. The van der Waals surface area contributed by atoms with E-state index in [-0.39, 0.29) is 24.0 Å². The van der Waals surface area contributed by atoms with Gasteiger partial charge in [0.25, 0.3) is 0 Å². The molecule has 0 saturated carbocycles. The normalized spacial score (nSPS) is 11.5. The molecule has 2 aromatic carbocycles. The minimum atomic E-state index is -3.19. The van der Waals surface area contributed by atoms with Crippen molar-refractivity contribution in [3.63, 3.8) is 0 Å². The minimum Gasteiger partial charge on any atom is -0.375 e. The molecule has 0 spiro atoms. The van der Waals surface area contributed by atoms with Gasteiger partial charge in [-0.3, -0.25) is 4.99 Å². The largest absolute Gasteiger partial charge is 0.375 e. The molecular formula is C21H31IN4O2S. The Labute approximate surface area is 191 Å². The third kappa shape index (κ3) is 8.22. The molecule has 0 aliphatic rings. The van der Waals surface area contributed by atoms with Gasteiger partial charge in [0.15, 0.2) is 15.8 Å². The number of sulfone groups is 1. The highest BCUT2D eigenvalue weighted by Crippen LogP contribution is 2.16. The van der Waals surface area contributed by atoms with Crippen LogP contribution in [0.25, 0.3) is 0 Å². The van der Waals surface area contributed by atoms with E-state index in [1.165, 1.54) is 11.9 Å². The molecule has 2 N–H and O–H groups in total. The summed E-state index contributed by atoms with van der Waals surface area (Å²) in [5.74, 6) is 0.729. The second kappa shape index (κ2) is 12.0. The lowest BCUT2D eigenvalue weighted by molar-refractivity contribution is 0.601. The molecule has 29 heavy (non-hydrogen) atoms. The Morgan fingerprint density at radius 3 is 2.38 bits per heavy atom. The number of anilines is 1. The van der Waals surface area contributed by atoms with Crippen LogP contribution in [0.4, 0.5) is 5.69 Å². The van der Waals surface area contributed by atoms with E-state index in [1.807, 2.05) is 37.3 Å². The van der Waals surface area contributed by atoms with Crippen LogP contribution in [0.5, 0.6) is 0 Å². The molecule has 0 atom stereocenters. The molecule has 6 nitrogen and oxygen atoms in total. The Morgan fingerprint density at radius 2 is 1.79 bits per heavy atom. The van der Waals surface area contributed by atoms with Gasteiger partial charge >= 0.3 is 0 Å². The predicted octanol–water partition coefficient (Wildman–Crippen LogP) is 3.21. The number of benzene rings is 2. The number of hydrogen-bond acceptors (Lipinski definition) is 4. The number of para-hydroxylation sites is 1. The van der Waals surface area contributed by atoms with Crippen LogP contribution in [-0.4, -0.2) is 47.8 Å². The predicted molar refractivity (Wildman–Crippen MR) is 132 cm³/mol. The van der Waals surface area contributed by atoms with Gasteiger partial charge in [-0.25, -0.2) is 8.42 Å². The topological polar surface area (TPSA) is 73.8 Å². The van der Waals surface area contributed by atoms with Gasteiger partial charge in [-0.15, -0.1) is 24.0 Å². The van der Waals surface area contributed by atoms with Crippen LogP contribution >= 0.6 is 24.0 Å². The monoisotopic (exact) mass is 530 g/mol. The van der Waals surface area contributed by atoms with Crippen LogP contribution in [0.3, 0.4) is 0 Å². The Hall–Kier alpha value is -1.81. The van der Waals surface area contributed by atoms with Gasteiger partial charge in [0.2, 0.25) is 0 Å². The molecule has 160 valence electrons. The highest BCUT2D eigenvalue weighted by molar-refractivity contribution is 14.0. The molecular weight excluding hydrogens is 499 g/mol. The number of nitrogens with zero attached hydrogens (tertiary/aromatic N) is 2. The summed E-state index contributed by atoms with van der Waals surface area (Å²) < 4.78 is 23.4.